The van der Waals surface area contributed by atoms with Gasteiger partial charge < -0.3 is 55.9 Å². The Balaban J connectivity index is 2.50. The van der Waals surface area contributed by atoms with Crippen LogP contribution in [0.3, 0.4) is 0 Å². The first-order valence-electron chi connectivity index (χ1n) is 20.5. The van der Waals surface area contributed by atoms with Crippen molar-refractivity contribution < 1.29 is 47.8 Å². The maximum absolute atomic E-state index is 14.4. The van der Waals surface area contributed by atoms with E-state index < -0.39 is 83.6 Å². The summed E-state index contributed by atoms with van der Waals surface area (Å²) in [5.74, 6) is -3.30. The number of ether oxygens (including phenoxy) is 3. The maximum atomic E-state index is 14.4. The Kier molecular flexibility index (Phi) is 20.2. The average molecular weight is 823 g/mol. The number of nitrogens with zero attached hydrogens (tertiary/aromatic N) is 2. The summed E-state index contributed by atoms with van der Waals surface area (Å²) in [6.07, 6.45) is 6.13. The highest BCUT2D eigenvalue weighted by atomic mass is 16.6. The van der Waals surface area contributed by atoms with Crippen LogP contribution in [0.5, 0.6) is 0 Å². The molecule has 4 atom stereocenters. The topological polar surface area (TPSA) is 226 Å². The number of nitrogens with one attached hydrogen (secondary N) is 6. The average Bonchev–Trinajstić information content (AvgIpc) is 3.41. The van der Waals surface area contributed by atoms with Crippen LogP contribution in [0.2, 0.25) is 0 Å². The molecule has 2 aliphatic rings. The first-order chi connectivity index (χ1) is 27.1. The molecule has 1 aliphatic heterocycles. The van der Waals surface area contributed by atoms with Crippen LogP contribution in [0.25, 0.3) is 0 Å². The van der Waals surface area contributed by atoms with E-state index in [0.29, 0.717) is 38.6 Å². The SMILES string of the molecule is CCCC1C(=O)NC(C2CCCCCC2)C(=O)NC(CNC(=O)OC(C)(C)C)C(=O)NC(CN(C)CCCNC(=O)OC(C)(C)C)C(=O)NCO/C=C(/C)C(=O)N1C. The molecule has 1 saturated carbocycles. The fourth-order valence-electron chi connectivity index (χ4n) is 6.63. The van der Waals surface area contributed by atoms with Crippen LogP contribution in [0.4, 0.5) is 9.59 Å². The molecule has 0 bridgehead atoms. The first kappa shape index (κ1) is 49.5. The molecule has 18 heteroatoms. The molecule has 1 heterocycles. The summed E-state index contributed by atoms with van der Waals surface area (Å²) in [7, 11) is 3.25. The Bertz CT molecular complexity index is 1430. The van der Waals surface area contributed by atoms with E-state index in [1.165, 1.54) is 25.1 Å². The van der Waals surface area contributed by atoms with Gasteiger partial charge in [-0.25, -0.2) is 9.59 Å². The molecule has 4 unspecified atom stereocenters. The van der Waals surface area contributed by atoms with Crippen molar-refractivity contribution >= 4 is 41.7 Å². The van der Waals surface area contributed by atoms with Gasteiger partial charge in [0.15, 0.2) is 6.73 Å². The summed E-state index contributed by atoms with van der Waals surface area (Å²) < 4.78 is 16.2. The summed E-state index contributed by atoms with van der Waals surface area (Å²) in [6.45, 7) is 13.7. The van der Waals surface area contributed by atoms with E-state index in [1.807, 2.05) is 6.92 Å². The number of amides is 7. The van der Waals surface area contributed by atoms with Gasteiger partial charge in [-0.1, -0.05) is 39.0 Å². The largest absolute Gasteiger partial charge is 0.480 e. The highest BCUT2D eigenvalue weighted by Gasteiger charge is 2.37. The van der Waals surface area contributed by atoms with E-state index >= 15 is 0 Å². The Morgan fingerprint density at radius 3 is 2.02 bits per heavy atom. The van der Waals surface area contributed by atoms with Crippen LogP contribution in [-0.4, -0.2) is 134 Å². The van der Waals surface area contributed by atoms with Crippen molar-refractivity contribution in [3.63, 3.8) is 0 Å². The summed E-state index contributed by atoms with van der Waals surface area (Å²) in [5.41, 5.74) is -1.33. The van der Waals surface area contributed by atoms with Gasteiger partial charge >= 0.3 is 12.2 Å². The molecule has 7 amide bonds. The molecular formula is C40H70N8O10. The normalized spacial score (nSPS) is 23.7. The minimum Gasteiger partial charge on any atom is -0.480 e. The van der Waals surface area contributed by atoms with Gasteiger partial charge in [0.1, 0.15) is 35.4 Å². The Morgan fingerprint density at radius 2 is 1.43 bits per heavy atom. The fourth-order valence-corrected chi connectivity index (χ4v) is 6.63. The van der Waals surface area contributed by atoms with Crippen molar-refractivity contribution in [3.8, 4) is 0 Å². The van der Waals surface area contributed by atoms with Gasteiger partial charge in [-0.05, 0) is 93.7 Å². The number of likely N-dealkylation sites (N-methyl/N-ethyl adjacent to an activating group) is 2. The van der Waals surface area contributed by atoms with Crippen molar-refractivity contribution in [1.82, 2.24) is 41.7 Å². The second kappa shape index (κ2) is 23.7. The molecule has 0 spiro atoms. The minimum absolute atomic E-state index is 0.00188. The summed E-state index contributed by atoms with van der Waals surface area (Å²) in [5, 5.41) is 16.3. The summed E-state index contributed by atoms with van der Waals surface area (Å²) in [4.78, 5) is 97.6. The monoisotopic (exact) mass is 823 g/mol. The molecule has 0 radical (unpaired) electrons. The number of alkyl carbamates (subject to hydrolysis) is 2. The molecule has 330 valence electrons. The van der Waals surface area contributed by atoms with Crippen molar-refractivity contribution in [2.24, 2.45) is 5.92 Å². The van der Waals surface area contributed by atoms with Crippen LogP contribution in [0.1, 0.15) is 113 Å². The number of carbonyl (C=O) groups excluding carboxylic acids is 7. The smallest absolute Gasteiger partial charge is 0.407 e. The molecule has 58 heavy (non-hydrogen) atoms. The van der Waals surface area contributed by atoms with Gasteiger partial charge in [0, 0.05) is 25.7 Å². The van der Waals surface area contributed by atoms with Gasteiger partial charge in [-0.2, -0.15) is 0 Å². The number of rotatable bonds is 11. The number of hydrogen-bond donors (Lipinski definition) is 6. The molecule has 2 rings (SSSR count). The third-order valence-electron chi connectivity index (χ3n) is 9.53. The number of carbonyl (C=O) groups is 7. The van der Waals surface area contributed by atoms with Crippen LogP contribution < -0.4 is 31.9 Å². The van der Waals surface area contributed by atoms with Crippen molar-refractivity contribution in [2.45, 2.75) is 149 Å². The van der Waals surface area contributed by atoms with E-state index in [1.54, 1.807) is 53.5 Å². The second-order valence-electron chi connectivity index (χ2n) is 17.2. The van der Waals surface area contributed by atoms with Gasteiger partial charge in [-0.3, -0.25) is 24.0 Å². The molecule has 18 nitrogen and oxygen atoms in total. The lowest BCUT2D eigenvalue weighted by Gasteiger charge is -2.33. The van der Waals surface area contributed by atoms with Crippen LogP contribution in [-0.2, 0) is 38.2 Å². The fraction of sp³-hybridized carbons (Fsp3) is 0.775. The third-order valence-corrected chi connectivity index (χ3v) is 9.53. The van der Waals surface area contributed by atoms with Gasteiger partial charge in [0.2, 0.25) is 23.6 Å². The molecule has 0 aromatic rings. The molecule has 1 aliphatic carbocycles. The highest BCUT2D eigenvalue weighted by molar-refractivity contribution is 5.98. The molecule has 0 aromatic heterocycles. The zero-order chi connectivity index (χ0) is 43.6. The zero-order valence-electron chi connectivity index (χ0n) is 36.3. The first-order valence-corrected chi connectivity index (χ1v) is 20.5. The lowest BCUT2D eigenvalue weighted by atomic mass is 9.90. The second-order valence-corrected chi connectivity index (χ2v) is 17.2. The van der Waals surface area contributed by atoms with E-state index in [2.05, 4.69) is 31.9 Å². The molecule has 6 N–H and O–H groups in total. The minimum atomic E-state index is -1.40. The molecule has 0 saturated heterocycles. The highest BCUT2D eigenvalue weighted by Crippen LogP contribution is 2.26. The van der Waals surface area contributed by atoms with Crippen molar-refractivity contribution in [3.05, 3.63) is 11.8 Å². The predicted molar refractivity (Wildman–Crippen MR) is 217 cm³/mol. The Morgan fingerprint density at radius 1 is 0.845 bits per heavy atom. The predicted octanol–water partition coefficient (Wildman–Crippen LogP) is 2.42. The quantitative estimate of drug-likeness (QED) is 0.131. The zero-order valence-corrected chi connectivity index (χ0v) is 36.3. The van der Waals surface area contributed by atoms with E-state index in [4.69, 9.17) is 14.2 Å². The third kappa shape index (κ3) is 18.3. The number of hydrogen-bond acceptors (Lipinski definition) is 11. The molecular weight excluding hydrogens is 752 g/mol. The standard InChI is InChI=1S/C40H70N8O10/c1-11-17-30-34(51)46-31(27-18-14-12-13-15-19-27)35(52)44-28(22-42-38(55)58-40(6,7)8)33(50)45-29(32(49)43-25-56-24-26(2)36(53)48(30)10)23-47(9)21-16-20-41-37(54)57-39(3,4)5/h24,27-31H,11-23,25H2,1-10H3,(H,41,54)(H,42,55)(H,43,49)(H,44,52)(H,45,50)(H,46,51)/b26-24-. The maximum Gasteiger partial charge on any atom is 0.407 e. The lowest BCUT2D eigenvalue weighted by molar-refractivity contribution is -0.139. The van der Waals surface area contributed by atoms with Gasteiger partial charge in [-0.15, -0.1) is 0 Å². The Hall–Kier alpha value is -4.61. The van der Waals surface area contributed by atoms with E-state index in [-0.39, 0.29) is 31.3 Å². The molecule has 0 aromatic carbocycles. The van der Waals surface area contributed by atoms with Crippen LogP contribution in [0, 0.1) is 5.92 Å². The van der Waals surface area contributed by atoms with Gasteiger partial charge in [0.05, 0.1) is 12.8 Å². The lowest BCUT2D eigenvalue weighted by Crippen LogP contribution is -2.62. The van der Waals surface area contributed by atoms with Gasteiger partial charge in [0.25, 0.3) is 5.91 Å². The van der Waals surface area contributed by atoms with Crippen molar-refractivity contribution in [1.29, 1.82) is 0 Å². The van der Waals surface area contributed by atoms with Crippen molar-refractivity contribution in [2.75, 3.05) is 47.0 Å². The molecule has 1 fully saturated rings. The van der Waals surface area contributed by atoms with E-state index in [9.17, 15) is 33.6 Å². The van der Waals surface area contributed by atoms with E-state index in [0.717, 1.165) is 25.7 Å². The summed E-state index contributed by atoms with van der Waals surface area (Å²) >= 11 is 0. The van der Waals surface area contributed by atoms with Crippen LogP contribution in [0.15, 0.2) is 11.8 Å². The Labute approximate surface area is 344 Å². The van der Waals surface area contributed by atoms with Crippen LogP contribution >= 0.6 is 0 Å². The summed E-state index contributed by atoms with van der Waals surface area (Å²) in [6, 6.07) is -4.58.